The first-order valence-electron chi connectivity index (χ1n) is 9.93. The Bertz CT molecular complexity index is 1250. The van der Waals surface area contributed by atoms with Crippen LogP contribution in [-0.2, 0) is 9.59 Å². The van der Waals surface area contributed by atoms with Crippen LogP contribution in [-0.4, -0.2) is 34.7 Å². The van der Waals surface area contributed by atoms with Gasteiger partial charge < -0.3 is 0 Å². The fourth-order valence-electron chi connectivity index (χ4n) is 3.50. The number of hydrogen-bond acceptors (Lipinski definition) is 4. The lowest BCUT2D eigenvalue weighted by Crippen LogP contribution is -2.54. The zero-order valence-corrected chi connectivity index (χ0v) is 18.6. The summed E-state index contributed by atoms with van der Waals surface area (Å²) in [7, 11) is 0. The summed E-state index contributed by atoms with van der Waals surface area (Å²) in [6, 6.07) is 19.4. The Morgan fingerprint density at radius 2 is 1.55 bits per heavy atom. The summed E-state index contributed by atoms with van der Waals surface area (Å²) in [6.45, 7) is 0. The van der Waals surface area contributed by atoms with Gasteiger partial charge in [0.25, 0.3) is 17.7 Å². The van der Waals surface area contributed by atoms with Gasteiger partial charge >= 0.3 is 0 Å². The van der Waals surface area contributed by atoms with Gasteiger partial charge in [-0.3, -0.25) is 24.6 Å². The van der Waals surface area contributed by atoms with E-state index in [0.29, 0.717) is 5.02 Å². The molecule has 4 rings (SSSR count). The molecule has 166 valence electrons. The summed E-state index contributed by atoms with van der Waals surface area (Å²) in [5.74, 6) is -2.51. The number of carbonyl (C=O) groups excluding carboxylic acids is 4. The van der Waals surface area contributed by atoms with E-state index in [9.17, 15) is 19.2 Å². The number of para-hydroxylation sites is 1. The molecule has 1 fully saturated rings. The summed E-state index contributed by atoms with van der Waals surface area (Å²) in [5.41, 5.74) is 3.13. The van der Waals surface area contributed by atoms with Crippen molar-refractivity contribution >= 4 is 52.5 Å². The molecule has 3 aromatic rings. The Labute approximate surface area is 199 Å². The smallest absolute Gasteiger partial charge is 0.273 e. The molecule has 7 nitrogen and oxygen atoms in total. The van der Waals surface area contributed by atoms with E-state index in [2.05, 4.69) is 5.43 Å². The Morgan fingerprint density at radius 1 is 0.879 bits per heavy atom. The zero-order chi connectivity index (χ0) is 23.5. The Hall–Kier alpha value is -3.68. The molecule has 33 heavy (non-hydrogen) atoms. The van der Waals surface area contributed by atoms with Gasteiger partial charge in [0, 0.05) is 16.1 Å². The Kier molecular flexibility index (Phi) is 6.44. The molecule has 1 aliphatic rings. The second kappa shape index (κ2) is 9.44. The third-order valence-corrected chi connectivity index (χ3v) is 5.63. The molecule has 0 saturated carbocycles. The molecule has 1 unspecified atom stereocenters. The van der Waals surface area contributed by atoms with Crippen LogP contribution in [0.25, 0.3) is 0 Å². The first-order valence-corrected chi connectivity index (χ1v) is 10.7. The van der Waals surface area contributed by atoms with Crippen molar-refractivity contribution in [1.82, 2.24) is 10.4 Å². The minimum Gasteiger partial charge on any atom is -0.274 e. The molecular formula is C24H17Cl2N3O4. The van der Waals surface area contributed by atoms with E-state index < -0.39 is 29.7 Å². The van der Waals surface area contributed by atoms with Crippen LogP contribution in [0.2, 0.25) is 10.0 Å². The fraction of sp³-hybridized carbons (Fsp3) is 0.0833. The van der Waals surface area contributed by atoms with Gasteiger partial charge in [0.15, 0.2) is 0 Å². The first kappa shape index (κ1) is 22.5. The van der Waals surface area contributed by atoms with Crippen molar-refractivity contribution in [3.8, 4) is 0 Å². The Balaban J connectivity index is 1.69. The van der Waals surface area contributed by atoms with E-state index in [1.54, 1.807) is 60.7 Å². The van der Waals surface area contributed by atoms with Crippen LogP contribution in [0, 0.1) is 0 Å². The maximum absolute atomic E-state index is 13.3. The lowest BCUT2D eigenvalue weighted by Gasteiger charge is -2.28. The van der Waals surface area contributed by atoms with Gasteiger partial charge in [0.05, 0.1) is 17.1 Å². The van der Waals surface area contributed by atoms with Crippen molar-refractivity contribution in [2.75, 3.05) is 4.90 Å². The van der Waals surface area contributed by atoms with E-state index >= 15 is 0 Å². The monoisotopic (exact) mass is 481 g/mol. The van der Waals surface area contributed by atoms with Crippen molar-refractivity contribution in [2.45, 2.75) is 12.5 Å². The van der Waals surface area contributed by atoms with Crippen molar-refractivity contribution < 1.29 is 19.2 Å². The molecule has 1 atom stereocenters. The first-order chi connectivity index (χ1) is 15.9. The molecule has 3 aromatic carbocycles. The molecule has 1 aliphatic heterocycles. The summed E-state index contributed by atoms with van der Waals surface area (Å²) in [4.78, 5) is 53.2. The van der Waals surface area contributed by atoms with E-state index in [0.717, 1.165) is 9.91 Å². The predicted molar refractivity (Wildman–Crippen MR) is 124 cm³/mol. The molecule has 0 aliphatic carbocycles. The zero-order valence-electron chi connectivity index (χ0n) is 17.1. The van der Waals surface area contributed by atoms with Crippen molar-refractivity contribution in [3.05, 3.63) is 100 Å². The van der Waals surface area contributed by atoms with Gasteiger partial charge in [0.2, 0.25) is 5.91 Å². The normalized spacial score (nSPS) is 15.5. The number of nitrogens with one attached hydrogen (secondary N) is 1. The number of anilines is 1. The number of rotatable bonds is 4. The van der Waals surface area contributed by atoms with Crippen LogP contribution < -0.4 is 10.3 Å². The highest BCUT2D eigenvalue weighted by Crippen LogP contribution is 2.31. The number of nitrogens with zero attached hydrogens (tertiary/aromatic N) is 2. The number of hydrogen-bond donors (Lipinski definition) is 1. The quantitative estimate of drug-likeness (QED) is 0.448. The topological polar surface area (TPSA) is 86.8 Å². The predicted octanol–water partition coefficient (Wildman–Crippen LogP) is 4.11. The molecule has 0 radical (unpaired) electrons. The lowest BCUT2D eigenvalue weighted by molar-refractivity contribution is -0.122. The van der Waals surface area contributed by atoms with Crippen LogP contribution >= 0.6 is 23.2 Å². The maximum Gasteiger partial charge on any atom is 0.273 e. The number of imide groups is 1. The van der Waals surface area contributed by atoms with E-state index in [-0.39, 0.29) is 28.3 Å². The average Bonchev–Trinajstić information content (AvgIpc) is 3.11. The number of carbonyl (C=O) groups is 4. The molecule has 0 spiro atoms. The highest BCUT2D eigenvalue weighted by molar-refractivity contribution is 6.36. The molecule has 1 N–H and O–H groups in total. The van der Waals surface area contributed by atoms with Gasteiger partial charge in [-0.1, -0.05) is 59.6 Å². The van der Waals surface area contributed by atoms with Gasteiger partial charge in [0.1, 0.15) is 6.04 Å². The summed E-state index contributed by atoms with van der Waals surface area (Å²) in [6.07, 6.45) is -0.321. The molecule has 1 heterocycles. The van der Waals surface area contributed by atoms with Crippen LogP contribution in [0.1, 0.15) is 27.1 Å². The number of halogens is 2. The molecule has 0 bridgehead atoms. The molecule has 9 heteroatoms. The van der Waals surface area contributed by atoms with Crippen molar-refractivity contribution in [3.63, 3.8) is 0 Å². The highest BCUT2D eigenvalue weighted by Gasteiger charge is 2.46. The summed E-state index contributed by atoms with van der Waals surface area (Å²) in [5, 5.41) is 1.44. The summed E-state index contributed by atoms with van der Waals surface area (Å²) < 4.78 is 0. The van der Waals surface area contributed by atoms with E-state index in [1.165, 1.54) is 18.2 Å². The molecular weight excluding hydrogens is 465 g/mol. The third-order valence-electron chi connectivity index (χ3n) is 5.08. The average molecular weight is 482 g/mol. The van der Waals surface area contributed by atoms with Crippen LogP contribution in [0.4, 0.5) is 5.69 Å². The maximum atomic E-state index is 13.3. The second-order valence-electron chi connectivity index (χ2n) is 7.23. The second-order valence-corrected chi connectivity index (χ2v) is 8.07. The molecule has 4 amide bonds. The SMILES string of the molecule is O=C(NN(C(=O)c1ccccc1)C1CC(=O)N(c2ccccc2Cl)C1=O)c1cccc(Cl)c1. The van der Waals surface area contributed by atoms with Gasteiger partial charge in [-0.05, 0) is 42.5 Å². The fourth-order valence-corrected chi connectivity index (χ4v) is 3.91. The summed E-state index contributed by atoms with van der Waals surface area (Å²) >= 11 is 12.2. The van der Waals surface area contributed by atoms with Gasteiger partial charge in [-0.25, -0.2) is 9.91 Å². The molecule has 0 aromatic heterocycles. The highest BCUT2D eigenvalue weighted by atomic mass is 35.5. The standard InChI is InChI=1S/C24H17Cl2N3O4/c25-17-10-6-9-16(13-17)22(31)27-29(23(32)15-7-2-1-3-8-15)20-14-21(30)28(24(20)33)19-12-5-4-11-18(19)26/h1-13,20H,14H2,(H,27,31). The van der Waals surface area contributed by atoms with Crippen LogP contribution in [0.15, 0.2) is 78.9 Å². The van der Waals surface area contributed by atoms with E-state index in [1.807, 2.05) is 0 Å². The van der Waals surface area contributed by atoms with Gasteiger partial charge in [-0.15, -0.1) is 0 Å². The number of amides is 4. The minimum atomic E-state index is -1.26. The Morgan fingerprint density at radius 3 is 2.24 bits per heavy atom. The van der Waals surface area contributed by atoms with Crippen LogP contribution in [0.3, 0.4) is 0 Å². The van der Waals surface area contributed by atoms with Crippen LogP contribution in [0.5, 0.6) is 0 Å². The minimum absolute atomic E-state index is 0.188. The van der Waals surface area contributed by atoms with Crippen molar-refractivity contribution in [2.24, 2.45) is 0 Å². The third kappa shape index (κ3) is 4.60. The largest absolute Gasteiger partial charge is 0.274 e. The number of benzene rings is 3. The number of hydrazine groups is 1. The van der Waals surface area contributed by atoms with Crippen molar-refractivity contribution in [1.29, 1.82) is 0 Å². The van der Waals surface area contributed by atoms with Gasteiger partial charge in [-0.2, -0.15) is 0 Å². The molecule has 1 saturated heterocycles. The van der Waals surface area contributed by atoms with E-state index in [4.69, 9.17) is 23.2 Å². The lowest BCUT2D eigenvalue weighted by atomic mass is 10.1.